The molecular weight excluding hydrogens is 376 g/mol. The number of carbonyl (C=O) groups excluding carboxylic acids is 1. The second-order valence-electron chi connectivity index (χ2n) is 8.11. The zero-order valence-electron chi connectivity index (χ0n) is 17.4. The molecule has 30 heavy (non-hydrogen) atoms. The summed E-state index contributed by atoms with van der Waals surface area (Å²) < 4.78 is 1.32. The van der Waals surface area contributed by atoms with Crippen molar-refractivity contribution in [3.63, 3.8) is 0 Å². The van der Waals surface area contributed by atoms with E-state index in [1.54, 1.807) is 17.0 Å². The monoisotopic (exact) mass is 405 g/mol. The molecule has 2 atom stereocenters. The lowest BCUT2D eigenvalue weighted by atomic mass is 10.0. The molecule has 0 spiro atoms. The average Bonchev–Trinajstić information content (AvgIpc) is 2.79. The normalized spacial score (nSPS) is 19.0. The number of quaternary nitrogens is 1. The Morgan fingerprint density at radius 2 is 1.83 bits per heavy atom. The molecule has 1 amide bonds. The van der Waals surface area contributed by atoms with Crippen molar-refractivity contribution in [1.82, 2.24) is 15.1 Å². The maximum Gasteiger partial charge on any atom is 0.279 e. The van der Waals surface area contributed by atoms with Crippen molar-refractivity contribution in [2.75, 3.05) is 19.6 Å². The van der Waals surface area contributed by atoms with Crippen LogP contribution in [0.5, 0.6) is 0 Å². The van der Waals surface area contributed by atoms with Gasteiger partial charge in [-0.1, -0.05) is 36.4 Å². The third-order valence-electron chi connectivity index (χ3n) is 6.06. The molecule has 1 aromatic heterocycles. The highest BCUT2D eigenvalue weighted by Gasteiger charge is 2.21. The second-order valence-corrected chi connectivity index (χ2v) is 8.11. The number of para-hydroxylation sites is 1. The molecule has 0 aliphatic carbocycles. The fourth-order valence-corrected chi connectivity index (χ4v) is 4.33. The zero-order chi connectivity index (χ0) is 20.9. The van der Waals surface area contributed by atoms with Crippen molar-refractivity contribution >= 4 is 16.7 Å². The molecule has 2 aromatic carbocycles. The number of aromatic nitrogens is 2. The van der Waals surface area contributed by atoms with Gasteiger partial charge in [-0.05, 0) is 44.4 Å². The predicted molar refractivity (Wildman–Crippen MR) is 118 cm³/mol. The summed E-state index contributed by atoms with van der Waals surface area (Å²) in [5, 5.41) is 8.53. The van der Waals surface area contributed by atoms with Gasteiger partial charge in [0, 0.05) is 18.4 Å². The molecule has 1 unspecified atom stereocenters. The maximum absolute atomic E-state index is 13.0. The van der Waals surface area contributed by atoms with Gasteiger partial charge in [-0.3, -0.25) is 9.59 Å². The Labute approximate surface area is 176 Å². The summed E-state index contributed by atoms with van der Waals surface area (Å²) in [7, 11) is 0. The van der Waals surface area contributed by atoms with Gasteiger partial charge in [0.2, 0.25) is 0 Å². The molecule has 1 fully saturated rings. The first-order chi connectivity index (χ1) is 14.6. The molecule has 0 radical (unpaired) electrons. The Morgan fingerprint density at radius 1 is 1.10 bits per heavy atom. The predicted octanol–water partition coefficient (Wildman–Crippen LogP) is 1.96. The van der Waals surface area contributed by atoms with Crippen LogP contribution in [0.4, 0.5) is 0 Å². The number of piperidine rings is 1. The van der Waals surface area contributed by atoms with Gasteiger partial charge in [-0.15, -0.1) is 0 Å². The molecule has 0 saturated carbocycles. The summed E-state index contributed by atoms with van der Waals surface area (Å²) in [5.41, 5.74) is 0.703. The first-order valence-electron chi connectivity index (χ1n) is 10.9. The van der Waals surface area contributed by atoms with Gasteiger partial charge in [-0.2, -0.15) is 9.78 Å². The van der Waals surface area contributed by atoms with E-state index in [0.717, 1.165) is 13.0 Å². The van der Waals surface area contributed by atoms with Crippen LogP contribution in [0.2, 0.25) is 0 Å². The Kier molecular flexibility index (Phi) is 6.23. The Morgan fingerprint density at radius 3 is 2.60 bits per heavy atom. The van der Waals surface area contributed by atoms with Crippen LogP contribution in [-0.4, -0.2) is 41.4 Å². The van der Waals surface area contributed by atoms with Crippen molar-refractivity contribution in [1.29, 1.82) is 0 Å². The Balaban J connectivity index is 1.53. The topological polar surface area (TPSA) is 68.4 Å². The smallest absolute Gasteiger partial charge is 0.279 e. The summed E-state index contributed by atoms with van der Waals surface area (Å²) in [4.78, 5) is 27.5. The molecule has 2 heterocycles. The number of hydrogen-bond donors (Lipinski definition) is 2. The lowest BCUT2D eigenvalue weighted by molar-refractivity contribution is -0.928. The number of nitrogens with zero attached hydrogens (tertiary/aromatic N) is 2. The number of carbonyl (C=O) groups is 1. The van der Waals surface area contributed by atoms with E-state index in [-0.39, 0.29) is 17.2 Å². The van der Waals surface area contributed by atoms with Crippen LogP contribution >= 0.6 is 0 Å². The summed E-state index contributed by atoms with van der Waals surface area (Å²) in [6, 6.07) is 17.1. The Hall–Kier alpha value is -2.99. The fourth-order valence-electron chi connectivity index (χ4n) is 4.33. The van der Waals surface area contributed by atoms with E-state index in [4.69, 9.17) is 0 Å². The van der Waals surface area contributed by atoms with Crippen LogP contribution < -0.4 is 15.8 Å². The van der Waals surface area contributed by atoms with Crippen LogP contribution in [0.15, 0.2) is 59.4 Å². The molecule has 1 aliphatic rings. The highest BCUT2D eigenvalue weighted by molar-refractivity contribution is 6.04. The van der Waals surface area contributed by atoms with Crippen LogP contribution in [0, 0.1) is 0 Å². The van der Waals surface area contributed by atoms with Gasteiger partial charge in [0.05, 0.1) is 30.2 Å². The van der Waals surface area contributed by atoms with Crippen molar-refractivity contribution in [2.24, 2.45) is 0 Å². The Bertz CT molecular complexity index is 1080. The van der Waals surface area contributed by atoms with Crippen LogP contribution in [0.1, 0.15) is 43.1 Å². The molecule has 6 nitrogen and oxygen atoms in total. The van der Waals surface area contributed by atoms with E-state index in [2.05, 4.69) is 17.3 Å². The molecule has 3 aromatic rings. The minimum atomic E-state index is -0.238. The quantitative estimate of drug-likeness (QED) is 0.616. The SMILES string of the molecule is C[C@@H]1CCCC[NH+]1CCCNC(=O)c1nn(-c2ccccc2)c(=O)c2ccccc12. The first-order valence-corrected chi connectivity index (χ1v) is 10.9. The van der Waals surface area contributed by atoms with Gasteiger partial charge in [-0.25, -0.2) is 0 Å². The number of fused-ring (bicyclic) bond motifs is 1. The van der Waals surface area contributed by atoms with Crippen molar-refractivity contribution < 1.29 is 9.69 Å². The van der Waals surface area contributed by atoms with E-state index in [1.807, 2.05) is 42.5 Å². The van der Waals surface area contributed by atoms with Gasteiger partial charge in [0.15, 0.2) is 5.69 Å². The maximum atomic E-state index is 13.0. The van der Waals surface area contributed by atoms with Gasteiger partial charge in [0.1, 0.15) is 0 Å². The van der Waals surface area contributed by atoms with Crippen LogP contribution in [0.3, 0.4) is 0 Å². The van der Waals surface area contributed by atoms with Gasteiger partial charge in [0.25, 0.3) is 11.5 Å². The minimum absolute atomic E-state index is 0.226. The number of likely N-dealkylation sites (tertiary alicyclic amines) is 1. The highest BCUT2D eigenvalue weighted by atomic mass is 16.2. The number of hydrogen-bond acceptors (Lipinski definition) is 3. The number of benzene rings is 2. The van der Waals surface area contributed by atoms with Crippen molar-refractivity contribution in [3.8, 4) is 5.69 Å². The van der Waals surface area contributed by atoms with Gasteiger partial charge < -0.3 is 10.2 Å². The molecule has 4 rings (SSSR count). The molecule has 0 bridgehead atoms. The lowest BCUT2D eigenvalue weighted by Crippen LogP contribution is -3.16. The molecular formula is C24H29N4O2+. The van der Waals surface area contributed by atoms with Crippen molar-refractivity contribution in [2.45, 2.75) is 38.6 Å². The van der Waals surface area contributed by atoms with E-state index >= 15 is 0 Å². The second kappa shape index (κ2) is 9.22. The third-order valence-corrected chi connectivity index (χ3v) is 6.06. The molecule has 2 N–H and O–H groups in total. The highest BCUT2D eigenvalue weighted by Crippen LogP contribution is 2.15. The van der Waals surface area contributed by atoms with Crippen LogP contribution in [0.25, 0.3) is 16.5 Å². The lowest BCUT2D eigenvalue weighted by Gasteiger charge is -2.30. The van der Waals surface area contributed by atoms with Crippen LogP contribution in [-0.2, 0) is 0 Å². The first kappa shape index (κ1) is 20.3. The summed E-state index contributed by atoms with van der Waals surface area (Å²) >= 11 is 0. The number of nitrogens with one attached hydrogen (secondary N) is 2. The van der Waals surface area contributed by atoms with E-state index < -0.39 is 0 Å². The summed E-state index contributed by atoms with van der Waals surface area (Å²) in [5.74, 6) is -0.238. The summed E-state index contributed by atoms with van der Waals surface area (Å²) in [6.07, 6.45) is 4.85. The van der Waals surface area contributed by atoms with E-state index in [0.29, 0.717) is 29.0 Å². The third kappa shape index (κ3) is 4.28. The summed E-state index contributed by atoms with van der Waals surface area (Å²) in [6.45, 7) is 5.22. The van der Waals surface area contributed by atoms with Gasteiger partial charge >= 0.3 is 0 Å². The zero-order valence-corrected chi connectivity index (χ0v) is 17.4. The number of rotatable bonds is 6. The molecule has 156 valence electrons. The molecule has 1 aliphatic heterocycles. The van der Waals surface area contributed by atoms with E-state index in [9.17, 15) is 9.59 Å². The standard InChI is InChI=1S/C24H28N4O2/c1-18-10-7-8-16-27(18)17-9-15-25-23(29)22-20-13-5-6-14-21(20)24(30)28(26-22)19-11-3-2-4-12-19/h2-6,11-14,18H,7-10,15-17H2,1H3,(H,25,29)/p+1/t18-/m1/s1. The molecule has 6 heteroatoms. The average molecular weight is 406 g/mol. The molecule has 1 saturated heterocycles. The number of amides is 1. The fraction of sp³-hybridized carbons (Fsp3) is 0.375. The largest absolute Gasteiger partial charge is 0.350 e. The van der Waals surface area contributed by atoms with E-state index in [1.165, 1.54) is 30.5 Å². The minimum Gasteiger partial charge on any atom is -0.350 e. The van der Waals surface area contributed by atoms with Crippen molar-refractivity contribution in [3.05, 3.63) is 70.6 Å².